The van der Waals surface area contributed by atoms with Crippen LogP contribution < -0.4 is 10.1 Å². The first-order valence-corrected chi connectivity index (χ1v) is 6.57. The van der Waals surface area contributed by atoms with Gasteiger partial charge in [0.05, 0.1) is 13.2 Å². The van der Waals surface area contributed by atoms with Gasteiger partial charge in [-0.25, -0.2) is 4.98 Å². The lowest BCUT2D eigenvalue weighted by atomic mass is 10.2. The Morgan fingerprint density at radius 1 is 1.50 bits per heavy atom. The Morgan fingerprint density at radius 2 is 2.33 bits per heavy atom. The monoisotopic (exact) mass is 264 g/mol. The number of hydrogen-bond donors (Lipinski definition) is 2. The van der Waals surface area contributed by atoms with E-state index in [0.717, 1.165) is 10.6 Å². The molecule has 2 rings (SSSR count). The highest BCUT2D eigenvalue weighted by atomic mass is 32.1. The van der Waals surface area contributed by atoms with E-state index in [-0.39, 0.29) is 11.8 Å². The van der Waals surface area contributed by atoms with Crippen LogP contribution in [-0.4, -0.2) is 17.2 Å². The third-order valence-electron chi connectivity index (χ3n) is 2.68. The number of nitrogens with one attached hydrogen (secondary N) is 1. The number of ether oxygens (including phenoxy) is 1. The minimum absolute atomic E-state index is 0.161. The van der Waals surface area contributed by atoms with Gasteiger partial charge in [0.1, 0.15) is 5.01 Å². The van der Waals surface area contributed by atoms with E-state index in [2.05, 4.69) is 17.2 Å². The summed E-state index contributed by atoms with van der Waals surface area (Å²) in [6.45, 7) is 2.79. The van der Waals surface area contributed by atoms with E-state index < -0.39 is 0 Å². The zero-order chi connectivity index (χ0) is 13.0. The van der Waals surface area contributed by atoms with E-state index in [1.165, 1.54) is 0 Å². The number of aromatic nitrogens is 1. The molecule has 1 heterocycles. The van der Waals surface area contributed by atoms with Crippen LogP contribution in [0, 0.1) is 0 Å². The fourth-order valence-electron chi connectivity index (χ4n) is 1.64. The van der Waals surface area contributed by atoms with Gasteiger partial charge in [0, 0.05) is 18.1 Å². The molecule has 0 aliphatic rings. The highest BCUT2D eigenvalue weighted by molar-refractivity contribution is 7.09. The lowest BCUT2D eigenvalue weighted by Gasteiger charge is -2.12. The lowest BCUT2D eigenvalue weighted by Crippen LogP contribution is -2.17. The zero-order valence-corrected chi connectivity index (χ0v) is 11.2. The summed E-state index contributed by atoms with van der Waals surface area (Å²) in [5.41, 5.74) is 1.06. The summed E-state index contributed by atoms with van der Waals surface area (Å²) >= 11 is 1.64. The third-order valence-corrected chi connectivity index (χ3v) is 3.64. The van der Waals surface area contributed by atoms with Gasteiger partial charge in [-0.1, -0.05) is 6.07 Å². The molecule has 96 valence electrons. The topological polar surface area (TPSA) is 54.4 Å². The third kappa shape index (κ3) is 3.00. The predicted molar refractivity (Wildman–Crippen MR) is 72.0 cm³/mol. The van der Waals surface area contributed by atoms with Crippen LogP contribution in [0.2, 0.25) is 0 Å². The molecule has 1 aromatic heterocycles. The summed E-state index contributed by atoms with van der Waals surface area (Å²) in [6, 6.07) is 5.56. The molecule has 0 saturated carbocycles. The van der Waals surface area contributed by atoms with Gasteiger partial charge in [0.15, 0.2) is 11.5 Å². The van der Waals surface area contributed by atoms with Gasteiger partial charge in [-0.2, -0.15) is 0 Å². The van der Waals surface area contributed by atoms with Crippen LogP contribution in [0.5, 0.6) is 11.5 Å². The number of rotatable bonds is 5. The van der Waals surface area contributed by atoms with E-state index in [0.29, 0.717) is 12.3 Å². The summed E-state index contributed by atoms with van der Waals surface area (Å²) in [5.74, 6) is 0.658. The molecule has 1 unspecified atom stereocenters. The summed E-state index contributed by atoms with van der Waals surface area (Å²) in [5, 5.41) is 15.9. The Bertz CT molecular complexity index is 500. The van der Waals surface area contributed by atoms with Crippen LogP contribution in [0.3, 0.4) is 0 Å². The minimum atomic E-state index is 0.161. The van der Waals surface area contributed by atoms with E-state index in [1.807, 2.05) is 23.7 Å². The summed E-state index contributed by atoms with van der Waals surface area (Å²) in [4.78, 5) is 4.27. The summed E-state index contributed by atoms with van der Waals surface area (Å²) < 4.78 is 5.08. The Balaban J connectivity index is 1.98. The second-order valence-electron chi connectivity index (χ2n) is 3.98. The normalized spacial score (nSPS) is 12.3. The molecule has 2 aromatic rings. The molecule has 0 spiro atoms. The number of phenols is 1. The van der Waals surface area contributed by atoms with Crippen molar-refractivity contribution in [2.24, 2.45) is 0 Å². The number of nitrogens with zero attached hydrogens (tertiary/aromatic N) is 1. The van der Waals surface area contributed by atoms with Gasteiger partial charge in [0.2, 0.25) is 0 Å². The maximum absolute atomic E-state index is 9.51. The Hall–Kier alpha value is -1.59. The molecule has 5 heteroatoms. The summed E-state index contributed by atoms with van der Waals surface area (Å²) in [6.07, 6.45) is 1.81. The molecule has 0 aliphatic carbocycles. The largest absolute Gasteiger partial charge is 0.504 e. The molecule has 0 saturated heterocycles. The smallest absolute Gasteiger partial charge is 0.160 e. The molecular formula is C13H16N2O2S. The van der Waals surface area contributed by atoms with E-state index in [4.69, 9.17) is 4.74 Å². The van der Waals surface area contributed by atoms with E-state index in [1.54, 1.807) is 24.5 Å². The highest BCUT2D eigenvalue weighted by Crippen LogP contribution is 2.26. The van der Waals surface area contributed by atoms with Crippen molar-refractivity contribution in [2.45, 2.75) is 19.5 Å². The predicted octanol–water partition coefficient (Wildman–Crippen LogP) is 2.71. The second kappa shape index (κ2) is 5.84. The summed E-state index contributed by atoms with van der Waals surface area (Å²) in [7, 11) is 1.55. The molecule has 1 atom stereocenters. The highest BCUT2D eigenvalue weighted by Gasteiger charge is 2.08. The average molecular weight is 264 g/mol. The van der Waals surface area contributed by atoms with Crippen molar-refractivity contribution < 1.29 is 9.84 Å². The van der Waals surface area contributed by atoms with Crippen molar-refractivity contribution in [3.63, 3.8) is 0 Å². The number of methoxy groups -OCH3 is 1. The van der Waals surface area contributed by atoms with Gasteiger partial charge in [-0.15, -0.1) is 11.3 Å². The Kier molecular flexibility index (Phi) is 4.17. The first kappa shape index (κ1) is 12.9. The van der Waals surface area contributed by atoms with Crippen LogP contribution in [0.25, 0.3) is 0 Å². The molecule has 1 aromatic carbocycles. The van der Waals surface area contributed by atoms with Crippen molar-refractivity contribution >= 4 is 11.3 Å². The molecule has 4 nitrogen and oxygen atoms in total. The van der Waals surface area contributed by atoms with Crippen molar-refractivity contribution in [1.82, 2.24) is 10.3 Å². The van der Waals surface area contributed by atoms with Gasteiger partial charge < -0.3 is 15.2 Å². The minimum Gasteiger partial charge on any atom is -0.504 e. The molecule has 18 heavy (non-hydrogen) atoms. The fourth-order valence-corrected chi connectivity index (χ4v) is 2.31. The van der Waals surface area contributed by atoms with Gasteiger partial charge in [-0.05, 0) is 24.6 Å². The maximum atomic E-state index is 9.51. The van der Waals surface area contributed by atoms with Crippen LogP contribution in [0.4, 0.5) is 0 Å². The number of benzene rings is 1. The van der Waals surface area contributed by atoms with E-state index >= 15 is 0 Å². The first-order chi connectivity index (χ1) is 8.70. The molecule has 0 radical (unpaired) electrons. The lowest BCUT2D eigenvalue weighted by molar-refractivity contribution is 0.372. The zero-order valence-electron chi connectivity index (χ0n) is 10.4. The van der Waals surface area contributed by atoms with Crippen molar-refractivity contribution in [3.05, 3.63) is 40.3 Å². The second-order valence-corrected chi connectivity index (χ2v) is 4.91. The Labute approximate surface area is 110 Å². The van der Waals surface area contributed by atoms with Crippen LogP contribution >= 0.6 is 11.3 Å². The van der Waals surface area contributed by atoms with Gasteiger partial charge >= 0.3 is 0 Å². The van der Waals surface area contributed by atoms with Crippen LogP contribution in [-0.2, 0) is 6.54 Å². The molecular weight excluding hydrogens is 248 g/mol. The molecule has 0 aliphatic heterocycles. The first-order valence-electron chi connectivity index (χ1n) is 5.69. The number of aromatic hydroxyl groups is 1. The molecule has 0 amide bonds. The SMILES string of the molecule is COc1cc(CNC(C)c2nccs2)ccc1O. The standard InChI is InChI=1S/C13H16N2O2S/c1-9(13-14-5-6-18-13)15-8-10-3-4-11(16)12(7-10)17-2/h3-7,9,15-16H,8H2,1-2H3. The molecule has 2 N–H and O–H groups in total. The van der Waals surface area contributed by atoms with Gasteiger partial charge in [0.25, 0.3) is 0 Å². The van der Waals surface area contributed by atoms with Crippen LogP contribution in [0.15, 0.2) is 29.8 Å². The van der Waals surface area contributed by atoms with Crippen molar-refractivity contribution in [1.29, 1.82) is 0 Å². The quantitative estimate of drug-likeness (QED) is 0.872. The molecule has 0 fully saturated rings. The fraction of sp³-hybridized carbons (Fsp3) is 0.308. The Morgan fingerprint density at radius 3 is 3.00 bits per heavy atom. The van der Waals surface area contributed by atoms with Crippen molar-refractivity contribution in [3.8, 4) is 11.5 Å². The number of phenolic OH excluding ortho intramolecular Hbond substituents is 1. The maximum Gasteiger partial charge on any atom is 0.160 e. The average Bonchev–Trinajstić information content (AvgIpc) is 2.91. The number of hydrogen-bond acceptors (Lipinski definition) is 5. The molecule has 0 bridgehead atoms. The van der Waals surface area contributed by atoms with Crippen molar-refractivity contribution in [2.75, 3.05) is 7.11 Å². The number of thiazole rings is 1. The van der Waals surface area contributed by atoms with E-state index in [9.17, 15) is 5.11 Å². The van der Waals surface area contributed by atoms with Crippen LogP contribution in [0.1, 0.15) is 23.5 Å². The van der Waals surface area contributed by atoms with Gasteiger partial charge in [-0.3, -0.25) is 0 Å².